The SMILES string of the molecule is COc1cccc(NC(=O)c2ccc(=O)n(Cc3ccc(Cl)cc3Cl)c2)c1. The van der Waals surface area contributed by atoms with Gasteiger partial charge < -0.3 is 14.6 Å². The molecule has 0 atom stereocenters. The molecule has 3 rings (SSSR count). The summed E-state index contributed by atoms with van der Waals surface area (Å²) in [6, 6.07) is 14.9. The topological polar surface area (TPSA) is 60.3 Å². The van der Waals surface area contributed by atoms with Gasteiger partial charge in [-0.1, -0.05) is 35.3 Å². The Balaban J connectivity index is 1.83. The van der Waals surface area contributed by atoms with Crippen molar-refractivity contribution in [3.63, 3.8) is 0 Å². The summed E-state index contributed by atoms with van der Waals surface area (Å²) in [5.41, 5.74) is 1.44. The van der Waals surface area contributed by atoms with Gasteiger partial charge >= 0.3 is 0 Å². The summed E-state index contributed by atoms with van der Waals surface area (Å²) >= 11 is 12.1. The van der Waals surface area contributed by atoms with Gasteiger partial charge in [-0.3, -0.25) is 9.59 Å². The summed E-state index contributed by atoms with van der Waals surface area (Å²) in [6.45, 7) is 0.231. The summed E-state index contributed by atoms with van der Waals surface area (Å²) in [6.07, 6.45) is 1.50. The van der Waals surface area contributed by atoms with Crippen molar-refractivity contribution in [3.8, 4) is 5.75 Å². The lowest BCUT2D eigenvalue weighted by atomic mass is 10.2. The molecule has 5 nitrogen and oxygen atoms in total. The van der Waals surface area contributed by atoms with Gasteiger partial charge in [-0.25, -0.2) is 0 Å². The fourth-order valence-electron chi connectivity index (χ4n) is 2.53. The van der Waals surface area contributed by atoms with Crippen molar-refractivity contribution >= 4 is 34.8 Å². The van der Waals surface area contributed by atoms with Gasteiger partial charge in [-0.05, 0) is 35.9 Å². The first kappa shape index (κ1) is 19.0. The molecule has 1 N–H and O–H groups in total. The van der Waals surface area contributed by atoms with Crippen LogP contribution in [0.1, 0.15) is 15.9 Å². The quantitative estimate of drug-likeness (QED) is 0.684. The largest absolute Gasteiger partial charge is 0.497 e. The lowest BCUT2D eigenvalue weighted by Crippen LogP contribution is -2.22. The molecule has 7 heteroatoms. The molecule has 0 fully saturated rings. The first-order chi connectivity index (χ1) is 13.0. The van der Waals surface area contributed by atoms with Crippen molar-refractivity contribution in [2.24, 2.45) is 0 Å². The van der Waals surface area contributed by atoms with Gasteiger partial charge in [0.1, 0.15) is 5.75 Å². The molecule has 0 spiro atoms. The van der Waals surface area contributed by atoms with Crippen LogP contribution in [0, 0.1) is 0 Å². The maximum atomic E-state index is 12.5. The van der Waals surface area contributed by atoms with Crippen molar-refractivity contribution in [1.82, 2.24) is 4.57 Å². The highest BCUT2D eigenvalue weighted by molar-refractivity contribution is 6.35. The van der Waals surface area contributed by atoms with E-state index in [4.69, 9.17) is 27.9 Å². The predicted octanol–water partition coefficient (Wildman–Crippen LogP) is 4.46. The third-order valence-corrected chi connectivity index (χ3v) is 4.52. The first-order valence-electron chi connectivity index (χ1n) is 8.06. The molecule has 0 radical (unpaired) electrons. The van der Waals surface area contributed by atoms with Crippen molar-refractivity contribution in [3.05, 3.63) is 92.3 Å². The zero-order valence-corrected chi connectivity index (χ0v) is 15.9. The fourth-order valence-corrected chi connectivity index (χ4v) is 3.00. The molecule has 0 unspecified atom stereocenters. The number of ether oxygens (including phenoxy) is 1. The third kappa shape index (κ3) is 4.70. The summed E-state index contributed by atoms with van der Waals surface area (Å²) in [7, 11) is 1.55. The minimum absolute atomic E-state index is 0.231. The number of hydrogen-bond donors (Lipinski definition) is 1. The highest BCUT2D eigenvalue weighted by Gasteiger charge is 2.10. The molecule has 3 aromatic rings. The normalized spacial score (nSPS) is 10.5. The van der Waals surface area contributed by atoms with E-state index in [0.29, 0.717) is 27.0 Å². The van der Waals surface area contributed by atoms with Gasteiger partial charge in [0.05, 0.1) is 19.2 Å². The van der Waals surface area contributed by atoms with Crippen LogP contribution in [-0.4, -0.2) is 17.6 Å². The molecule has 0 bridgehead atoms. The van der Waals surface area contributed by atoms with Crippen molar-refractivity contribution in [1.29, 1.82) is 0 Å². The van der Waals surface area contributed by atoms with Crippen LogP contribution in [-0.2, 0) is 6.54 Å². The molecule has 27 heavy (non-hydrogen) atoms. The molecule has 138 valence electrons. The van der Waals surface area contributed by atoms with Crippen LogP contribution in [0.5, 0.6) is 5.75 Å². The lowest BCUT2D eigenvalue weighted by molar-refractivity contribution is 0.102. The Bertz CT molecular complexity index is 1050. The molecule has 0 aliphatic heterocycles. The predicted molar refractivity (Wildman–Crippen MR) is 107 cm³/mol. The van der Waals surface area contributed by atoms with Gasteiger partial charge in [0.2, 0.25) is 0 Å². The second-order valence-corrected chi connectivity index (χ2v) is 6.65. The molecule has 0 aliphatic carbocycles. The number of halogens is 2. The van der Waals surface area contributed by atoms with E-state index in [2.05, 4.69) is 5.32 Å². The molecule has 1 heterocycles. The van der Waals surface area contributed by atoms with E-state index in [1.165, 1.54) is 22.9 Å². The summed E-state index contributed by atoms with van der Waals surface area (Å²) < 4.78 is 6.57. The maximum Gasteiger partial charge on any atom is 0.257 e. The van der Waals surface area contributed by atoms with Gasteiger partial charge in [0, 0.05) is 34.1 Å². The van der Waals surface area contributed by atoms with E-state index in [1.54, 1.807) is 49.6 Å². The zero-order valence-electron chi connectivity index (χ0n) is 14.4. The number of nitrogens with zero attached hydrogens (tertiary/aromatic N) is 1. The second-order valence-electron chi connectivity index (χ2n) is 5.81. The number of hydrogen-bond acceptors (Lipinski definition) is 3. The average molecular weight is 403 g/mol. The Morgan fingerprint density at radius 3 is 2.67 bits per heavy atom. The van der Waals surface area contributed by atoms with Gasteiger partial charge in [0.15, 0.2) is 0 Å². The number of rotatable bonds is 5. The Hall–Kier alpha value is -2.76. The van der Waals surface area contributed by atoms with Crippen LogP contribution >= 0.6 is 23.2 Å². The van der Waals surface area contributed by atoms with Gasteiger partial charge in [-0.15, -0.1) is 0 Å². The van der Waals surface area contributed by atoms with Gasteiger partial charge in [0.25, 0.3) is 11.5 Å². The first-order valence-corrected chi connectivity index (χ1v) is 8.81. The molecule has 1 amide bonds. The van der Waals surface area contributed by atoms with E-state index >= 15 is 0 Å². The Labute approximate surface area is 166 Å². The molecule has 0 saturated heterocycles. The standard InChI is InChI=1S/C20H16Cl2N2O3/c1-27-17-4-2-3-16(10-17)23-20(26)14-6-8-19(25)24(12-14)11-13-5-7-15(21)9-18(13)22/h2-10,12H,11H2,1H3,(H,23,26). The van der Waals surface area contributed by atoms with Crippen LogP contribution in [0.25, 0.3) is 0 Å². The highest BCUT2D eigenvalue weighted by Crippen LogP contribution is 2.22. The number of pyridine rings is 1. The van der Waals surface area contributed by atoms with Crippen LogP contribution in [0.3, 0.4) is 0 Å². The van der Waals surface area contributed by atoms with Crippen LogP contribution in [0.2, 0.25) is 10.0 Å². The second kappa shape index (κ2) is 8.29. The Kier molecular flexibility index (Phi) is 5.84. The summed E-state index contributed by atoms with van der Waals surface area (Å²) in [5, 5.41) is 3.76. The van der Waals surface area contributed by atoms with Crippen LogP contribution in [0.15, 0.2) is 65.6 Å². The summed E-state index contributed by atoms with van der Waals surface area (Å²) in [4.78, 5) is 24.7. The van der Waals surface area contributed by atoms with Gasteiger partial charge in [-0.2, -0.15) is 0 Å². The fraction of sp³-hybridized carbons (Fsp3) is 0.100. The van der Waals surface area contributed by atoms with Crippen LogP contribution < -0.4 is 15.6 Å². The molecule has 0 saturated carbocycles. The van der Waals surface area contributed by atoms with Crippen molar-refractivity contribution < 1.29 is 9.53 Å². The van der Waals surface area contributed by atoms with Crippen molar-refractivity contribution in [2.75, 3.05) is 12.4 Å². The highest BCUT2D eigenvalue weighted by atomic mass is 35.5. The van der Waals surface area contributed by atoms with Crippen molar-refractivity contribution in [2.45, 2.75) is 6.54 Å². The number of benzene rings is 2. The maximum absolute atomic E-state index is 12.5. The number of carbonyl (C=O) groups excluding carboxylic acids is 1. The number of methoxy groups -OCH3 is 1. The molecular formula is C20H16Cl2N2O3. The smallest absolute Gasteiger partial charge is 0.257 e. The number of aromatic nitrogens is 1. The third-order valence-electron chi connectivity index (χ3n) is 3.93. The van der Waals surface area contributed by atoms with Crippen LogP contribution in [0.4, 0.5) is 5.69 Å². The monoisotopic (exact) mass is 402 g/mol. The van der Waals surface area contributed by atoms with E-state index in [-0.39, 0.29) is 18.0 Å². The minimum atomic E-state index is -0.334. The Morgan fingerprint density at radius 1 is 1.11 bits per heavy atom. The summed E-state index contributed by atoms with van der Waals surface area (Å²) in [5.74, 6) is 0.300. The van der Waals surface area contributed by atoms with E-state index in [1.807, 2.05) is 0 Å². The average Bonchev–Trinajstić information content (AvgIpc) is 2.65. The Morgan fingerprint density at radius 2 is 1.93 bits per heavy atom. The number of carbonyl (C=O) groups is 1. The van der Waals surface area contributed by atoms with E-state index in [9.17, 15) is 9.59 Å². The number of anilines is 1. The molecular weight excluding hydrogens is 387 g/mol. The minimum Gasteiger partial charge on any atom is -0.497 e. The number of nitrogens with one attached hydrogen (secondary N) is 1. The van der Waals surface area contributed by atoms with E-state index < -0.39 is 0 Å². The molecule has 2 aromatic carbocycles. The molecule has 0 aliphatic rings. The molecule has 1 aromatic heterocycles. The zero-order chi connectivity index (χ0) is 19.4. The number of amides is 1. The lowest BCUT2D eigenvalue weighted by Gasteiger charge is -2.11. The van der Waals surface area contributed by atoms with E-state index in [0.717, 1.165) is 5.56 Å².